The summed E-state index contributed by atoms with van der Waals surface area (Å²) in [6.07, 6.45) is 7.86. The molecule has 0 amide bonds. The first-order valence-electron chi connectivity index (χ1n) is 12.3. The number of rotatable bonds is 7. The van der Waals surface area contributed by atoms with Crippen molar-refractivity contribution in [2.75, 3.05) is 13.2 Å². The van der Waals surface area contributed by atoms with Crippen LogP contribution in [0.25, 0.3) is 22.3 Å². The first-order chi connectivity index (χ1) is 18.1. The van der Waals surface area contributed by atoms with Gasteiger partial charge in [-0.05, 0) is 44.5 Å². The Labute approximate surface area is 224 Å². The van der Waals surface area contributed by atoms with Gasteiger partial charge in [-0.2, -0.15) is 0 Å². The number of aryl methyl sites for hydroxylation is 1. The van der Waals surface area contributed by atoms with Crippen molar-refractivity contribution in [2.24, 2.45) is 7.05 Å². The van der Waals surface area contributed by atoms with E-state index in [2.05, 4.69) is 4.98 Å². The second-order valence-corrected chi connectivity index (χ2v) is 11.3. The topological polar surface area (TPSA) is 110 Å². The molecule has 38 heavy (non-hydrogen) atoms. The van der Waals surface area contributed by atoms with Crippen molar-refractivity contribution in [2.45, 2.75) is 38.6 Å². The Hall–Kier alpha value is -3.70. The van der Waals surface area contributed by atoms with Crippen molar-refractivity contribution >= 4 is 32.7 Å². The van der Waals surface area contributed by atoms with E-state index >= 15 is 0 Å². The molecular formula is C26H28ClN5O5S. The van der Waals surface area contributed by atoms with Gasteiger partial charge in [0.05, 0.1) is 33.4 Å². The van der Waals surface area contributed by atoms with E-state index in [1.165, 1.54) is 28.1 Å². The van der Waals surface area contributed by atoms with Crippen molar-refractivity contribution in [1.82, 2.24) is 23.3 Å². The Kier molecular flexibility index (Phi) is 6.52. The number of nitrogens with one attached hydrogen (secondary N) is 1. The molecule has 2 aliphatic heterocycles. The number of H-pyrrole nitrogens is 1. The molecule has 0 bridgehead atoms. The average molecular weight is 558 g/mol. The normalized spacial score (nSPS) is 15.2. The highest BCUT2D eigenvalue weighted by Gasteiger charge is 2.30. The number of hydrogen-bond donors (Lipinski definition) is 1. The van der Waals surface area contributed by atoms with E-state index in [0.717, 1.165) is 10.3 Å². The molecule has 0 atom stereocenters. The lowest BCUT2D eigenvalue weighted by Crippen LogP contribution is -2.38. The van der Waals surface area contributed by atoms with Gasteiger partial charge in [-0.3, -0.25) is 13.9 Å². The predicted octanol–water partition coefficient (Wildman–Crippen LogP) is 3.74. The van der Waals surface area contributed by atoms with Crippen LogP contribution < -0.4 is 16.0 Å². The lowest BCUT2D eigenvalue weighted by Gasteiger charge is -2.30. The van der Waals surface area contributed by atoms with Crippen molar-refractivity contribution in [3.05, 3.63) is 80.0 Å². The van der Waals surface area contributed by atoms with Gasteiger partial charge in [0.2, 0.25) is 0 Å². The van der Waals surface area contributed by atoms with Crippen LogP contribution in [0.5, 0.6) is 5.75 Å². The number of benzene rings is 1. The molecule has 0 spiro atoms. The molecule has 0 saturated heterocycles. The predicted molar refractivity (Wildman–Crippen MR) is 146 cm³/mol. The van der Waals surface area contributed by atoms with Crippen LogP contribution in [-0.4, -0.2) is 44.9 Å². The maximum absolute atomic E-state index is 13.8. The van der Waals surface area contributed by atoms with Crippen molar-refractivity contribution in [3.63, 3.8) is 0 Å². The highest BCUT2D eigenvalue weighted by Crippen LogP contribution is 2.40. The van der Waals surface area contributed by atoms with E-state index in [1.807, 2.05) is 30.9 Å². The minimum atomic E-state index is -4.00. The Bertz CT molecular complexity index is 1780. The molecule has 0 saturated carbocycles. The standard InChI is InChI=1S/C26H28ClN5O5S/c1-5-11-31-24-21(27)22(28-23(24)25(33)29(4)26(31)34)19-13-18(9-10-20(19)37-6-2)38(35,36)32-15-17-8-7-12-30(17)14-16(32)3/h7-10,13-15,28H,5-6,11-12H2,1-4H3. The number of ether oxygens (including phenoxy) is 1. The van der Waals surface area contributed by atoms with E-state index in [1.54, 1.807) is 25.4 Å². The summed E-state index contributed by atoms with van der Waals surface area (Å²) in [6, 6.07) is 4.53. The molecule has 3 aromatic rings. The summed E-state index contributed by atoms with van der Waals surface area (Å²) < 4.78 is 37.1. The quantitative estimate of drug-likeness (QED) is 0.474. The number of halogens is 1. The fraction of sp³-hybridized carbons (Fsp3) is 0.308. The third-order valence-electron chi connectivity index (χ3n) is 6.61. The van der Waals surface area contributed by atoms with Gasteiger partial charge in [-0.1, -0.05) is 24.6 Å². The third kappa shape index (κ3) is 3.97. The lowest BCUT2D eigenvalue weighted by molar-refractivity contribution is 0.341. The smallest absolute Gasteiger partial charge is 0.331 e. The van der Waals surface area contributed by atoms with Gasteiger partial charge in [-0.25, -0.2) is 17.5 Å². The fourth-order valence-corrected chi connectivity index (χ4v) is 6.53. The third-order valence-corrected chi connectivity index (χ3v) is 8.74. The zero-order valence-corrected chi connectivity index (χ0v) is 23.1. The van der Waals surface area contributed by atoms with Crippen molar-refractivity contribution in [3.8, 4) is 17.0 Å². The van der Waals surface area contributed by atoms with Crippen LogP contribution >= 0.6 is 11.6 Å². The highest BCUT2D eigenvalue weighted by molar-refractivity contribution is 7.89. The molecule has 2 aromatic heterocycles. The summed E-state index contributed by atoms with van der Waals surface area (Å²) in [7, 11) is -2.59. The summed E-state index contributed by atoms with van der Waals surface area (Å²) in [4.78, 5) is 30.9. The van der Waals surface area contributed by atoms with Gasteiger partial charge in [0.1, 0.15) is 11.3 Å². The molecule has 12 heteroatoms. The molecule has 1 aromatic carbocycles. The Morgan fingerprint density at radius 3 is 2.63 bits per heavy atom. The first kappa shape index (κ1) is 25.9. The second-order valence-electron chi connectivity index (χ2n) is 9.11. The molecule has 1 N–H and O–H groups in total. The number of fused-ring (bicyclic) bond motifs is 2. The summed E-state index contributed by atoms with van der Waals surface area (Å²) >= 11 is 6.81. The summed E-state index contributed by atoms with van der Waals surface area (Å²) in [5, 5.41) is 0.140. The van der Waals surface area contributed by atoms with Crippen molar-refractivity contribution < 1.29 is 13.2 Å². The van der Waals surface area contributed by atoms with E-state index < -0.39 is 21.3 Å². The molecule has 5 rings (SSSR count). The van der Waals surface area contributed by atoms with Gasteiger partial charge in [0, 0.05) is 43.8 Å². The van der Waals surface area contributed by atoms with E-state index in [-0.39, 0.29) is 21.0 Å². The molecule has 200 valence electrons. The second kappa shape index (κ2) is 9.55. The summed E-state index contributed by atoms with van der Waals surface area (Å²) in [5.41, 5.74) is 1.40. The van der Waals surface area contributed by atoms with E-state index in [9.17, 15) is 18.0 Å². The van der Waals surface area contributed by atoms with Gasteiger partial charge in [0.15, 0.2) is 0 Å². The number of nitrogens with zero attached hydrogens (tertiary/aromatic N) is 4. The van der Waals surface area contributed by atoms with Crippen LogP contribution in [0.2, 0.25) is 5.02 Å². The Balaban J connectivity index is 1.72. The maximum atomic E-state index is 13.8. The SMILES string of the molecule is CCCn1c(=O)n(C)c(=O)c2[nH]c(-c3cc(S(=O)(=O)N4C=C5C=CCN5C=C4C)ccc3OCC)c(Cl)c21. The lowest BCUT2D eigenvalue weighted by atomic mass is 10.1. The summed E-state index contributed by atoms with van der Waals surface area (Å²) in [6.45, 7) is 6.82. The first-order valence-corrected chi connectivity index (χ1v) is 14.1. The number of sulfonamides is 1. The summed E-state index contributed by atoms with van der Waals surface area (Å²) in [5.74, 6) is 0.385. The zero-order chi connectivity index (χ0) is 27.4. The minimum Gasteiger partial charge on any atom is -0.493 e. The molecule has 10 nitrogen and oxygen atoms in total. The fourth-order valence-electron chi connectivity index (χ4n) is 4.78. The van der Waals surface area contributed by atoms with Crippen molar-refractivity contribution in [1.29, 1.82) is 0 Å². The highest BCUT2D eigenvalue weighted by atomic mass is 35.5. The monoisotopic (exact) mass is 557 g/mol. The van der Waals surface area contributed by atoms with Crippen LogP contribution in [-0.2, 0) is 23.6 Å². The number of aromatic amines is 1. The number of hydrogen-bond acceptors (Lipinski definition) is 6. The van der Waals surface area contributed by atoms with Gasteiger partial charge >= 0.3 is 5.69 Å². The molecule has 0 fully saturated rings. The van der Waals surface area contributed by atoms with E-state index in [0.29, 0.717) is 48.8 Å². The van der Waals surface area contributed by atoms with Crippen LogP contribution in [0.1, 0.15) is 27.2 Å². The van der Waals surface area contributed by atoms with Crippen LogP contribution in [0.15, 0.2) is 68.6 Å². The molecule has 2 aliphatic rings. The zero-order valence-electron chi connectivity index (χ0n) is 21.5. The molecule has 0 unspecified atom stereocenters. The van der Waals surface area contributed by atoms with Crippen LogP contribution in [0, 0.1) is 0 Å². The van der Waals surface area contributed by atoms with Gasteiger partial charge in [-0.15, -0.1) is 0 Å². The van der Waals surface area contributed by atoms with Crippen LogP contribution in [0.3, 0.4) is 0 Å². The number of aromatic nitrogens is 3. The molecule has 0 aliphatic carbocycles. The van der Waals surface area contributed by atoms with Gasteiger partial charge < -0.3 is 14.6 Å². The largest absolute Gasteiger partial charge is 0.493 e. The Morgan fingerprint density at radius 2 is 1.92 bits per heavy atom. The average Bonchev–Trinajstić information content (AvgIpc) is 3.49. The maximum Gasteiger partial charge on any atom is 0.331 e. The minimum absolute atomic E-state index is 0.0181. The van der Waals surface area contributed by atoms with Gasteiger partial charge in [0.25, 0.3) is 15.6 Å². The van der Waals surface area contributed by atoms with E-state index in [4.69, 9.17) is 16.3 Å². The van der Waals surface area contributed by atoms with Crippen LogP contribution in [0.4, 0.5) is 0 Å². The molecular weight excluding hydrogens is 530 g/mol. The molecule has 4 heterocycles. The Morgan fingerprint density at radius 1 is 1.16 bits per heavy atom. The molecule has 0 radical (unpaired) electrons. The number of allylic oxidation sites excluding steroid dienone is 2.